The van der Waals surface area contributed by atoms with Crippen LogP contribution < -0.4 is 9.64 Å². The van der Waals surface area contributed by atoms with Gasteiger partial charge in [0, 0.05) is 0 Å². The van der Waals surface area contributed by atoms with Gasteiger partial charge in [-0.1, -0.05) is 54.3 Å². The van der Waals surface area contributed by atoms with Crippen LogP contribution in [0.2, 0.25) is 0 Å². The second-order valence-electron chi connectivity index (χ2n) is 5.59. The van der Waals surface area contributed by atoms with E-state index in [1.807, 2.05) is 74.5 Å². The van der Waals surface area contributed by atoms with Crippen molar-refractivity contribution in [2.75, 3.05) is 4.90 Å². The minimum atomic E-state index is -0.0845. The summed E-state index contributed by atoms with van der Waals surface area (Å²) in [6.07, 6.45) is 2.00. The zero-order valence-electron chi connectivity index (χ0n) is 13.4. The van der Waals surface area contributed by atoms with Crippen molar-refractivity contribution in [1.29, 1.82) is 0 Å². The quantitative estimate of drug-likeness (QED) is 0.577. The summed E-state index contributed by atoms with van der Waals surface area (Å²) >= 11 is 6.69. The third-order valence-electron chi connectivity index (χ3n) is 3.36. The predicted molar refractivity (Wildman–Crippen MR) is 104 cm³/mol. The second kappa shape index (κ2) is 7.20. The molecule has 3 nitrogen and oxygen atoms in total. The van der Waals surface area contributed by atoms with E-state index in [-0.39, 0.29) is 12.0 Å². The average Bonchev–Trinajstić information content (AvgIpc) is 2.83. The van der Waals surface area contributed by atoms with Crippen LogP contribution in [0.15, 0.2) is 59.5 Å². The van der Waals surface area contributed by atoms with E-state index >= 15 is 0 Å². The fraction of sp³-hybridized carbons (Fsp3) is 0.158. The lowest BCUT2D eigenvalue weighted by Crippen LogP contribution is -2.27. The van der Waals surface area contributed by atoms with Crippen molar-refractivity contribution in [1.82, 2.24) is 0 Å². The first-order chi connectivity index (χ1) is 11.5. The van der Waals surface area contributed by atoms with Crippen LogP contribution >= 0.6 is 24.0 Å². The maximum Gasteiger partial charge on any atom is 0.270 e. The van der Waals surface area contributed by atoms with Crippen molar-refractivity contribution in [2.45, 2.75) is 20.0 Å². The normalized spacial score (nSPS) is 16.3. The summed E-state index contributed by atoms with van der Waals surface area (Å²) in [6, 6.07) is 17.2. The van der Waals surface area contributed by atoms with Crippen molar-refractivity contribution in [3.8, 4) is 5.75 Å². The minimum Gasteiger partial charge on any atom is -0.491 e. The van der Waals surface area contributed by atoms with Gasteiger partial charge in [-0.15, -0.1) is 0 Å². The summed E-state index contributed by atoms with van der Waals surface area (Å²) in [5.41, 5.74) is 1.74. The van der Waals surface area contributed by atoms with Gasteiger partial charge in [-0.25, -0.2) is 0 Å². The van der Waals surface area contributed by atoms with Gasteiger partial charge in [0.2, 0.25) is 0 Å². The number of nitrogens with zero attached hydrogens (tertiary/aromatic N) is 1. The largest absolute Gasteiger partial charge is 0.491 e. The predicted octanol–water partition coefficient (Wildman–Crippen LogP) is 4.88. The lowest BCUT2D eigenvalue weighted by atomic mass is 10.2. The summed E-state index contributed by atoms with van der Waals surface area (Å²) in [7, 11) is 0. The minimum absolute atomic E-state index is 0.0845. The molecule has 1 aliphatic heterocycles. The van der Waals surface area contributed by atoms with Gasteiger partial charge in [-0.3, -0.25) is 9.69 Å². The highest BCUT2D eigenvalue weighted by atomic mass is 32.2. The number of thiocarbonyl (C=S) groups is 1. The smallest absolute Gasteiger partial charge is 0.270 e. The van der Waals surface area contributed by atoms with Gasteiger partial charge in [0.25, 0.3) is 5.91 Å². The first-order valence-electron chi connectivity index (χ1n) is 7.64. The number of carbonyl (C=O) groups is 1. The first-order valence-corrected chi connectivity index (χ1v) is 8.87. The van der Waals surface area contributed by atoms with Crippen molar-refractivity contribution < 1.29 is 9.53 Å². The van der Waals surface area contributed by atoms with E-state index in [2.05, 4.69) is 0 Å². The molecule has 0 bridgehead atoms. The third-order valence-corrected chi connectivity index (χ3v) is 4.66. The molecule has 122 valence electrons. The van der Waals surface area contributed by atoms with Crippen LogP contribution in [0.1, 0.15) is 19.4 Å². The Hall–Kier alpha value is -2.11. The Morgan fingerprint density at radius 1 is 1.08 bits per heavy atom. The molecule has 1 amide bonds. The molecule has 0 saturated carbocycles. The summed E-state index contributed by atoms with van der Waals surface area (Å²) in [6.45, 7) is 3.98. The molecule has 24 heavy (non-hydrogen) atoms. The molecule has 1 fully saturated rings. The Labute approximate surface area is 151 Å². The molecule has 1 heterocycles. The van der Waals surface area contributed by atoms with E-state index in [9.17, 15) is 4.79 Å². The number of benzene rings is 2. The van der Waals surface area contributed by atoms with Gasteiger partial charge < -0.3 is 4.74 Å². The topological polar surface area (TPSA) is 29.5 Å². The summed E-state index contributed by atoms with van der Waals surface area (Å²) < 4.78 is 6.18. The monoisotopic (exact) mass is 355 g/mol. The fourth-order valence-corrected chi connectivity index (χ4v) is 3.63. The lowest BCUT2D eigenvalue weighted by molar-refractivity contribution is -0.113. The molecule has 0 N–H and O–H groups in total. The molecule has 0 radical (unpaired) electrons. The summed E-state index contributed by atoms with van der Waals surface area (Å²) in [4.78, 5) is 14.9. The van der Waals surface area contributed by atoms with Gasteiger partial charge in [0.15, 0.2) is 4.32 Å². The van der Waals surface area contributed by atoms with E-state index in [0.29, 0.717) is 9.23 Å². The molecule has 0 unspecified atom stereocenters. The van der Waals surface area contributed by atoms with Crippen molar-refractivity contribution in [3.05, 3.63) is 65.1 Å². The molecule has 2 aromatic carbocycles. The van der Waals surface area contributed by atoms with Crippen LogP contribution in [-0.2, 0) is 4.79 Å². The summed E-state index contributed by atoms with van der Waals surface area (Å²) in [5, 5.41) is 0. The van der Waals surface area contributed by atoms with Crippen LogP contribution in [0.25, 0.3) is 6.08 Å². The van der Waals surface area contributed by atoms with E-state index in [1.54, 1.807) is 4.90 Å². The van der Waals surface area contributed by atoms with Crippen molar-refractivity contribution >= 4 is 46.0 Å². The number of amides is 1. The number of ether oxygens (including phenoxy) is 1. The number of hydrogen-bond donors (Lipinski definition) is 0. The van der Waals surface area contributed by atoms with Crippen LogP contribution in [0.4, 0.5) is 5.69 Å². The maximum atomic E-state index is 12.7. The Morgan fingerprint density at radius 3 is 2.38 bits per heavy atom. The highest BCUT2D eigenvalue weighted by molar-refractivity contribution is 8.27. The number of carbonyl (C=O) groups excluding carboxylic acids is 1. The lowest BCUT2D eigenvalue weighted by Gasteiger charge is -2.13. The zero-order valence-corrected chi connectivity index (χ0v) is 15.1. The van der Waals surface area contributed by atoms with E-state index in [1.165, 1.54) is 11.8 Å². The first kappa shape index (κ1) is 16.7. The van der Waals surface area contributed by atoms with Gasteiger partial charge in [0.05, 0.1) is 16.7 Å². The molecule has 0 spiro atoms. The SMILES string of the molecule is CC(C)Oc1ccc(/C=C2/SC(=S)N(c3ccccc3)C2=O)cc1. The van der Waals surface area contributed by atoms with Gasteiger partial charge >= 0.3 is 0 Å². The molecule has 0 atom stereocenters. The van der Waals surface area contributed by atoms with E-state index < -0.39 is 0 Å². The molecular weight excluding hydrogens is 338 g/mol. The molecule has 0 aliphatic carbocycles. The molecule has 1 saturated heterocycles. The zero-order chi connectivity index (χ0) is 17.1. The van der Waals surface area contributed by atoms with Crippen LogP contribution in [-0.4, -0.2) is 16.3 Å². The molecular formula is C19H17NO2S2. The van der Waals surface area contributed by atoms with Crippen LogP contribution in [0.5, 0.6) is 5.75 Å². The Balaban J connectivity index is 1.81. The van der Waals surface area contributed by atoms with Gasteiger partial charge in [-0.2, -0.15) is 0 Å². The molecule has 1 aliphatic rings. The Bertz CT molecular complexity index is 783. The van der Waals surface area contributed by atoms with E-state index in [0.717, 1.165) is 17.0 Å². The maximum absolute atomic E-state index is 12.7. The number of thioether (sulfide) groups is 1. The second-order valence-corrected chi connectivity index (χ2v) is 7.26. The van der Waals surface area contributed by atoms with Crippen LogP contribution in [0, 0.1) is 0 Å². The van der Waals surface area contributed by atoms with Gasteiger partial charge in [0.1, 0.15) is 5.75 Å². The standard InChI is InChI=1S/C19H17NO2S2/c1-13(2)22-16-10-8-14(9-11-16)12-17-18(21)20(19(23)24-17)15-6-4-3-5-7-15/h3-13H,1-2H3/b17-12+. The highest BCUT2D eigenvalue weighted by Crippen LogP contribution is 2.35. The van der Waals surface area contributed by atoms with Gasteiger partial charge in [-0.05, 0) is 49.8 Å². The highest BCUT2D eigenvalue weighted by Gasteiger charge is 2.33. The Kier molecular flexibility index (Phi) is 5.02. The van der Waals surface area contributed by atoms with Crippen molar-refractivity contribution in [2.24, 2.45) is 0 Å². The molecule has 5 heteroatoms. The fourth-order valence-electron chi connectivity index (χ4n) is 2.33. The average molecular weight is 355 g/mol. The Morgan fingerprint density at radius 2 is 1.75 bits per heavy atom. The third kappa shape index (κ3) is 3.68. The van der Waals surface area contributed by atoms with E-state index in [4.69, 9.17) is 17.0 Å². The number of anilines is 1. The molecule has 3 rings (SSSR count). The number of rotatable bonds is 4. The van der Waals surface area contributed by atoms with Crippen molar-refractivity contribution in [3.63, 3.8) is 0 Å². The van der Waals surface area contributed by atoms with Crippen LogP contribution in [0.3, 0.4) is 0 Å². The molecule has 2 aromatic rings. The summed E-state index contributed by atoms with van der Waals surface area (Å²) in [5.74, 6) is 0.734. The number of para-hydroxylation sites is 1. The molecule has 0 aromatic heterocycles. The number of hydrogen-bond acceptors (Lipinski definition) is 4.